The molecule has 0 aliphatic rings. The number of amides is 1. The molecule has 2 heterocycles. The van der Waals surface area contributed by atoms with E-state index >= 15 is 0 Å². The number of aromatic nitrogens is 1. The molecule has 0 saturated heterocycles. The summed E-state index contributed by atoms with van der Waals surface area (Å²) in [6.45, 7) is 1.96. The predicted molar refractivity (Wildman–Crippen MR) is 98.5 cm³/mol. The van der Waals surface area contributed by atoms with Gasteiger partial charge in [0.25, 0.3) is 0 Å². The van der Waals surface area contributed by atoms with Gasteiger partial charge in [-0.25, -0.2) is 4.79 Å². The molecule has 1 amide bonds. The first-order valence-electron chi connectivity index (χ1n) is 7.96. The normalized spacial score (nSPS) is 11.0. The van der Waals surface area contributed by atoms with E-state index in [0.29, 0.717) is 22.4 Å². The highest BCUT2D eigenvalue weighted by atomic mass is 16.5. The molecule has 0 atom stereocenters. The molecular weight excluding hydrogens is 334 g/mol. The molecule has 0 aliphatic carbocycles. The largest absolute Gasteiger partial charge is 0.465 e. The van der Waals surface area contributed by atoms with Crippen molar-refractivity contribution in [3.8, 4) is 0 Å². The number of benzene rings is 1. The standard InChI is InChI=1S/C19H17N3O4/c1-2-25-19(24)15-11-21-16-7-5-12(10-14(16)18(15)20)22-17(23)8-6-13-4-3-9-26-13/h3-11H,2H2,1H3,(H2,20,21)(H,22,23)/b8-6+. The minimum absolute atomic E-state index is 0.195. The van der Waals surface area contributed by atoms with Crippen LogP contribution in [-0.4, -0.2) is 23.5 Å². The van der Waals surface area contributed by atoms with Crippen LogP contribution in [0.2, 0.25) is 0 Å². The molecule has 0 spiro atoms. The first-order chi connectivity index (χ1) is 12.6. The summed E-state index contributed by atoms with van der Waals surface area (Å²) in [7, 11) is 0. The summed E-state index contributed by atoms with van der Waals surface area (Å²) in [5.74, 6) is -0.282. The van der Waals surface area contributed by atoms with Crippen molar-refractivity contribution < 1.29 is 18.7 Å². The Hall–Kier alpha value is -3.61. The van der Waals surface area contributed by atoms with Crippen LogP contribution in [0.5, 0.6) is 0 Å². The number of nitrogens with one attached hydrogen (secondary N) is 1. The summed E-state index contributed by atoms with van der Waals surface area (Å²) in [5.41, 5.74) is 7.69. The SMILES string of the molecule is CCOC(=O)c1cnc2ccc(NC(=O)/C=C/c3ccco3)cc2c1N. The van der Waals surface area contributed by atoms with Gasteiger partial charge in [0.05, 0.1) is 24.1 Å². The molecule has 26 heavy (non-hydrogen) atoms. The molecule has 2 aromatic heterocycles. The van der Waals surface area contributed by atoms with Gasteiger partial charge in [-0.05, 0) is 43.3 Å². The van der Waals surface area contributed by atoms with Crippen LogP contribution in [0.25, 0.3) is 17.0 Å². The second kappa shape index (κ2) is 7.52. The molecule has 0 saturated carbocycles. The number of carbonyl (C=O) groups is 2. The fraction of sp³-hybridized carbons (Fsp3) is 0.105. The minimum atomic E-state index is -0.532. The van der Waals surface area contributed by atoms with Gasteiger partial charge in [0.15, 0.2) is 0 Å². The van der Waals surface area contributed by atoms with Crippen LogP contribution in [0.4, 0.5) is 11.4 Å². The fourth-order valence-corrected chi connectivity index (χ4v) is 2.39. The van der Waals surface area contributed by atoms with Gasteiger partial charge in [-0.3, -0.25) is 9.78 Å². The zero-order chi connectivity index (χ0) is 18.5. The van der Waals surface area contributed by atoms with Crippen molar-refractivity contribution >= 4 is 40.2 Å². The number of nitrogen functional groups attached to an aromatic ring is 1. The summed E-state index contributed by atoms with van der Waals surface area (Å²) >= 11 is 0. The van der Waals surface area contributed by atoms with E-state index in [1.54, 1.807) is 43.3 Å². The smallest absolute Gasteiger partial charge is 0.341 e. The summed E-state index contributed by atoms with van der Waals surface area (Å²) in [5, 5.41) is 3.29. The number of esters is 1. The van der Waals surface area contributed by atoms with Crippen molar-refractivity contribution in [2.75, 3.05) is 17.7 Å². The Morgan fingerprint density at radius 2 is 2.19 bits per heavy atom. The molecule has 0 radical (unpaired) electrons. The zero-order valence-corrected chi connectivity index (χ0v) is 14.1. The van der Waals surface area contributed by atoms with Crippen molar-refractivity contribution in [3.63, 3.8) is 0 Å². The van der Waals surface area contributed by atoms with Crippen molar-refractivity contribution in [2.45, 2.75) is 6.92 Å². The van der Waals surface area contributed by atoms with E-state index in [1.165, 1.54) is 18.5 Å². The van der Waals surface area contributed by atoms with Crippen LogP contribution in [0.3, 0.4) is 0 Å². The number of carbonyl (C=O) groups excluding carboxylic acids is 2. The maximum absolute atomic E-state index is 12.0. The van der Waals surface area contributed by atoms with E-state index in [-0.39, 0.29) is 23.8 Å². The van der Waals surface area contributed by atoms with Gasteiger partial charge >= 0.3 is 5.97 Å². The Balaban J connectivity index is 1.84. The van der Waals surface area contributed by atoms with E-state index in [1.807, 2.05) is 0 Å². The third-order valence-corrected chi connectivity index (χ3v) is 3.61. The molecule has 132 valence electrons. The molecule has 1 aromatic carbocycles. The molecule has 0 unspecified atom stereocenters. The van der Waals surface area contributed by atoms with E-state index < -0.39 is 5.97 Å². The topological polar surface area (TPSA) is 107 Å². The zero-order valence-electron chi connectivity index (χ0n) is 14.1. The number of pyridine rings is 1. The Labute approximate surface area is 149 Å². The van der Waals surface area contributed by atoms with Crippen LogP contribution in [0, 0.1) is 0 Å². The summed E-state index contributed by atoms with van der Waals surface area (Å²) < 4.78 is 10.1. The number of nitrogens with two attached hydrogens (primary N) is 1. The Morgan fingerprint density at radius 1 is 1.35 bits per heavy atom. The van der Waals surface area contributed by atoms with Gasteiger partial charge in [0.2, 0.25) is 5.91 Å². The fourth-order valence-electron chi connectivity index (χ4n) is 2.39. The number of nitrogens with zero attached hydrogens (tertiary/aromatic N) is 1. The highest BCUT2D eigenvalue weighted by Gasteiger charge is 2.14. The lowest BCUT2D eigenvalue weighted by molar-refractivity contribution is -0.111. The molecule has 0 fully saturated rings. The number of rotatable bonds is 5. The number of ether oxygens (including phenoxy) is 1. The van der Waals surface area contributed by atoms with Gasteiger partial charge in [-0.1, -0.05) is 0 Å². The van der Waals surface area contributed by atoms with Gasteiger partial charge < -0.3 is 20.2 Å². The number of hydrogen-bond acceptors (Lipinski definition) is 6. The molecule has 3 aromatic rings. The van der Waals surface area contributed by atoms with Crippen LogP contribution < -0.4 is 11.1 Å². The van der Waals surface area contributed by atoms with E-state index in [9.17, 15) is 9.59 Å². The van der Waals surface area contributed by atoms with Crippen molar-refractivity contribution in [1.82, 2.24) is 4.98 Å². The first-order valence-corrected chi connectivity index (χ1v) is 7.96. The van der Waals surface area contributed by atoms with Crippen LogP contribution in [0.15, 0.2) is 53.3 Å². The van der Waals surface area contributed by atoms with Crippen LogP contribution in [0.1, 0.15) is 23.0 Å². The maximum atomic E-state index is 12.0. The molecule has 7 nitrogen and oxygen atoms in total. The third-order valence-electron chi connectivity index (χ3n) is 3.61. The molecule has 0 aliphatic heterocycles. The number of fused-ring (bicyclic) bond motifs is 1. The van der Waals surface area contributed by atoms with Crippen molar-refractivity contribution in [3.05, 3.63) is 60.2 Å². The lowest BCUT2D eigenvalue weighted by atomic mass is 10.1. The average molecular weight is 351 g/mol. The number of hydrogen-bond donors (Lipinski definition) is 2. The lowest BCUT2D eigenvalue weighted by Crippen LogP contribution is -2.10. The van der Waals surface area contributed by atoms with Gasteiger partial charge in [0, 0.05) is 23.3 Å². The van der Waals surface area contributed by atoms with Crippen LogP contribution in [-0.2, 0) is 9.53 Å². The summed E-state index contributed by atoms with van der Waals surface area (Å²) in [4.78, 5) is 28.2. The summed E-state index contributed by atoms with van der Waals surface area (Å²) in [6, 6.07) is 8.56. The molecule has 3 rings (SSSR count). The van der Waals surface area contributed by atoms with Crippen molar-refractivity contribution in [2.24, 2.45) is 0 Å². The maximum Gasteiger partial charge on any atom is 0.341 e. The average Bonchev–Trinajstić information content (AvgIpc) is 3.14. The lowest BCUT2D eigenvalue weighted by Gasteiger charge is -2.09. The number of furan rings is 1. The highest BCUT2D eigenvalue weighted by molar-refractivity contribution is 6.07. The van der Waals surface area contributed by atoms with Crippen molar-refractivity contribution in [1.29, 1.82) is 0 Å². The molecule has 3 N–H and O–H groups in total. The molecular formula is C19H17N3O4. The third kappa shape index (κ3) is 3.72. The van der Waals surface area contributed by atoms with Gasteiger partial charge in [0.1, 0.15) is 11.3 Å². The number of anilines is 2. The second-order valence-electron chi connectivity index (χ2n) is 5.38. The second-order valence-corrected chi connectivity index (χ2v) is 5.38. The van der Waals surface area contributed by atoms with Gasteiger partial charge in [-0.15, -0.1) is 0 Å². The van der Waals surface area contributed by atoms with E-state index in [2.05, 4.69) is 10.3 Å². The van der Waals surface area contributed by atoms with E-state index in [4.69, 9.17) is 14.9 Å². The molecule has 0 bridgehead atoms. The summed E-state index contributed by atoms with van der Waals surface area (Å²) in [6.07, 6.45) is 5.84. The van der Waals surface area contributed by atoms with E-state index in [0.717, 1.165) is 0 Å². The quantitative estimate of drug-likeness (QED) is 0.540. The Bertz CT molecular complexity index is 978. The highest BCUT2D eigenvalue weighted by Crippen LogP contribution is 2.26. The first kappa shape index (κ1) is 17.2. The molecule has 7 heteroatoms. The minimum Gasteiger partial charge on any atom is -0.465 e. The Kier molecular flexibility index (Phi) is 4.98. The van der Waals surface area contributed by atoms with Gasteiger partial charge in [-0.2, -0.15) is 0 Å². The monoisotopic (exact) mass is 351 g/mol. The van der Waals surface area contributed by atoms with Crippen LogP contribution >= 0.6 is 0 Å². The predicted octanol–water partition coefficient (Wildman–Crippen LogP) is 3.24. The Morgan fingerprint density at radius 3 is 2.92 bits per heavy atom.